The topological polar surface area (TPSA) is 34.4 Å². The Kier molecular flexibility index (Phi) is 3.31. The number of fused-ring (bicyclic) bond motifs is 1. The van der Waals surface area contributed by atoms with Gasteiger partial charge in [-0.2, -0.15) is 0 Å². The number of nitrogens with one attached hydrogen (secondary N) is 1. The fourth-order valence-electron chi connectivity index (χ4n) is 2.13. The highest BCUT2D eigenvalue weighted by molar-refractivity contribution is 9.10. The van der Waals surface area contributed by atoms with Gasteiger partial charge in [-0.05, 0) is 59.4 Å². The lowest BCUT2D eigenvalue weighted by Gasteiger charge is -2.03. The lowest BCUT2D eigenvalue weighted by molar-refractivity contribution is 0.415. The Hall–Kier alpha value is -1.00. The molecule has 1 heterocycles. The van der Waals surface area contributed by atoms with Gasteiger partial charge in [0, 0.05) is 11.4 Å². The van der Waals surface area contributed by atoms with Crippen LogP contribution >= 0.6 is 15.9 Å². The first-order valence-corrected chi connectivity index (χ1v) is 7.04. The van der Waals surface area contributed by atoms with Crippen molar-refractivity contribution in [2.45, 2.75) is 25.3 Å². The van der Waals surface area contributed by atoms with E-state index in [0.717, 1.165) is 40.2 Å². The Morgan fingerprint density at radius 1 is 1.44 bits per heavy atom. The van der Waals surface area contributed by atoms with Crippen LogP contribution in [0, 0.1) is 0 Å². The van der Waals surface area contributed by atoms with Gasteiger partial charge in [-0.3, -0.25) is 0 Å². The molecule has 0 spiro atoms. The molecule has 1 aromatic carbocycles. The predicted molar refractivity (Wildman–Crippen MR) is 75.2 cm³/mol. The monoisotopic (exact) mass is 309 g/mol. The van der Waals surface area contributed by atoms with Crippen LogP contribution in [0.25, 0.3) is 11.0 Å². The lowest BCUT2D eigenvalue weighted by atomic mass is 10.1. The summed E-state index contributed by atoms with van der Waals surface area (Å²) in [6.07, 6.45) is 5.49. The van der Waals surface area contributed by atoms with Crippen molar-refractivity contribution in [1.82, 2.24) is 5.32 Å². The van der Waals surface area contributed by atoms with Crippen molar-refractivity contribution >= 4 is 26.9 Å². The van der Waals surface area contributed by atoms with Gasteiger partial charge in [0.1, 0.15) is 11.3 Å². The summed E-state index contributed by atoms with van der Waals surface area (Å²) < 4.78 is 11.9. The highest BCUT2D eigenvalue weighted by atomic mass is 79.9. The van der Waals surface area contributed by atoms with Gasteiger partial charge < -0.3 is 14.5 Å². The van der Waals surface area contributed by atoms with E-state index < -0.39 is 0 Å². The summed E-state index contributed by atoms with van der Waals surface area (Å²) in [7, 11) is 1.68. The highest BCUT2D eigenvalue weighted by Gasteiger charge is 2.20. The molecule has 0 amide bonds. The Morgan fingerprint density at radius 3 is 3.00 bits per heavy atom. The number of hydrogen-bond donors (Lipinski definition) is 1. The molecule has 1 N–H and O–H groups in total. The molecule has 3 rings (SSSR count). The van der Waals surface area contributed by atoms with Crippen LogP contribution in [0.3, 0.4) is 0 Å². The predicted octanol–water partition coefficient (Wildman–Crippen LogP) is 3.50. The molecule has 2 aromatic rings. The number of furan rings is 1. The largest absolute Gasteiger partial charge is 0.497 e. The molecule has 18 heavy (non-hydrogen) atoms. The van der Waals surface area contributed by atoms with Crippen LogP contribution in [0.5, 0.6) is 5.75 Å². The number of methoxy groups -OCH3 is 1. The highest BCUT2D eigenvalue weighted by Crippen LogP contribution is 2.33. The molecule has 0 bridgehead atoms. The van der Waals surface area contributed by atoms with Crippen LogP contribution in [0.4, 0.5) is 0 Å². The molecule has 4 heteroatoms. The van der Waals surface area contributed by atoms with Crippen molar-refractivity contribution in [3.8, 4) is 5.75 Å². The van der Waals surface area contributed by atoms with E-state index in [0.29, 0.717) is 0 Å². The normalized spacial score (nSPS) is 15.2. The molecule has 0 saturated heterocycles. The van der Waals surface area contributed by atoms with Crippen molar-refractivity contribution in [2.24, 2.45) is 0 Å². The minimum absolute atomic E-state index is 0.754. The van der Waals surface area contributed by atoms with Gasteiger partial charge in [0.15, 0.2) is 0 Å². The Labute approximate surface area is 115 Å². The second kappa shape index (κ2) is 4.94. The van der Waals surface area contributed by atoms with E-state index in [9.17, 15) is 0 Å². The summed E-state index contributed by atoms with van der Waals surface area (Å²) in [5.41, 5.74) is 2.13. The molecule has 1 fully saturated rings. The fraction of sp³-hybridized carbons (Fsp3) is 0.429. The standard InChI is InChI=1S/C14H16BrNO2/c1-17-11-6-12-9(4-5-16-10-2-3-10)8-18-14(12)13(15)7-11/h6-8,10,16H,2-5H2,1H3. The second-order valence-corrected chi connectivity index (χ2v) is 5.58. The number of benzene rings is 1. The smallest absolute Gasteiger partial charge is 0.148 e. The fourth-order valence-corrected chi connectivity index (χ4v) is 2.66. The molecule has 1 aliphatic rings. The van der Waals surface area contributed by atoms with Gasteiger partial charge in [0.05, 0.1) is 17.8 Å². The van der Waals surface area contributed by atoms with Crippen LogP contribution < -0.4 is 10.1 Å². The molecule has 96 valence electrons. The summed E-state index contributed by atoms with van der Waals surface area (Å²) >= 11 is 3.51. The summed E-state index contributed by atoms with van der Waals surface area (Å²) in [5.74, 6) is 0.854. The molecular weight excluding hydrogens is 294 g/mol. The van der Waals surface area contributed by atoms with E-state index in [2.05, 4.69) is 21.2 Å². The molecule has 3 nitrogen and oxygen atoms in total. The van der Waals surface area contributed by atoms with Crippen molar-refractivity contribution in [2.75, 3.05) is 13.7 Å². The molecule has 0 radical (unpaired) electrons. The average molecular weight is 310 g/mol. The Morgan fingerprint density at radius 2 is 2.28 bits per heavy atom. The van der Waals surface area contributed by atoms with E-state index in [1.165, 1.54) is 18.4 Å². The number of ether oxygens (including phenoxy) is 1. The third-order valence-electron chi connectivity index (χ3n) is 3.32. The van der Waals surface area contributed by atoms with Crippen molar-refractivity contribution in [3.05, 3.63) is 28.4 Å². The molecule has 1 aliphatic carbocycles. The zero-order chi connectivity index (χ0) is 12.5. The maximum absolute atomic E-state index is 5.62. The van der Waals surface area contributed by atoms with Gasteiger partial charge in [-0.25, -0.2) is 0 Å². The lowest BCUT2D eigenvalue weighted by Crippen LogP contribution is -2.19. The maximum Gasteiger partial charge on any atom is 0.148 e. The number of hydrogen-bond acceptors (Lipinski definition) is 3. The molecule has 1 saturated carbocycles. The van der Waals surface area contributed by atoms with Crippen LogP contribution in [-0.2, 0) is 6.42 Å². The van der Waals surface area contributed by atoms with Crippen LogP contribution in [-0.4, -0.2) is 19.7 Å². The minimum atomic E-state index is 0.754. The van der Waals surface area contributed by atoms with Gasteiger partial charge >= 0.3 is 0 Å². The van der Waals surface area contributed by atoms with Gasteiger partial charge in [-0.15, -0.1) is 0 Å². The first-order chi connectivity index (χ1) is 8.78. The molecule has 0 aliphatic heterocycles. The minimum Gasteiger partial charge on any atom is -0.497 e. The number of rotatable bonds is 5. The second-order valence-electron chi connectivity index (χ2n) is 4.73. The summed E-state index contributed by atoms with van der Waals surface area (Å²) in [4.78, 5) is 0. The third-order valence-corrected chi connectivity index (χ3v) is 3.91. The zero-order valence-electron chi connectivity index (χ0n) is 10.3. The van der Waals surface area contributed by atoms with Crippen LogP contribution in [0.1, 0.15) is 18.4 Å². The van der Waals surface area contributed by atoms with E-state index in [1.807, 2.05) is 18.4 Å². The van der Waals surface area contributed by atoms with E-state index in [4.69, 9.17) is 9.15 Å². The number of halogens is 1. The Bertz CT molecular complexity index is 560. The van der Waals surface area contributed by atoms with Crippen molar-refractivity contribution in [3.63, 3.8) is 0 Å². The molecular formula is C14H16BrNO2. The van der Waals surface area contributed by atoms with E-state index in [1.54, 1.807) is 7.11 Å². The first kappa shape index (κ1) is 12.1. The first-order valence-electron chi connectivity index (χ1n) is 6.25. The van der Waals surface area contributed by atoms with Gasteiger partial charge in [0.2, 0.25) is 0 Å². The van der Waals surface area contributed by atoms with Gasteiger partial charge in [0.25, 0.3) is 0 Å². The summed E-state index contributed by atoms with van der Waals surface area (Å²) in [6, 6.07) is 4.72. The van der Waals surface area contributed by atoms with Crippen LogP contribution in [0.15, 0.2) is 27.3 Å². The molecule has 0 atom stereocenters. The summed E-state index contributed by atoms with van der Waals surface area (Å²) in [5, 5.41) is 4.66. The third kappa shape index (κ3) is 2.40. The summed E-state index contributed by atoms with van der Waals surface area (Å²) in [6.45, 7) is 1.01. The SMILES string of the molecule is COc1cc(Br)c2occ(CCNC3CC3)c2c1. The molecule has 1 aromatic heterocycles. The maximum atomic E-state index is 5.62. The van der Waals surface area contributed by atoms with Crippen molar-refractivity contribution < 1.29 is 9.15 Å². The van der Waals surface area contributed by atoms with E-state index in [-0.39, 0.29) is 0 Å². The average Bonchev–Trinajstić information content (AvgIpc) is 3.10. The van der Waals surface area contributed by atoms with Gasteiger partial charge in [-0.1, -0.05) is 0 Å². The molecule has 0 unspecified atom stereocenters. The zero-order valence-corrected chi connectivity index (χ0v) is 11.9. The quantitative estimate of drug-likeness (QED) is 0.918. The van der Waals surface area contributed by atoms with E-state index >= 15 is 0 Å². The van der Waals surface area contributed by atoms with Crippen LogP contribution in [0.2, 0.25) is 0 Å². The van der Waals surface area contributed by atoms with Crippen molar-refractivity contribution in [1.29, 1.82) is 0 Å². The Balaban J connectivity index is 1.83.